The zero-order chi connectivity index (χ0) is 20.9. The summed E-state index contributed by atoms with van der Waals surface area (Å²) in [5, 5.41) is -0.697. The molecule has 0 saturated carbocycles. The molecule has 0 radical (unpaired) electrons. The monoisotopic (exact) mass is 423 g/mol. The Morgan fingerprint density at radius 3 is 1.97 bits per heavy atom. The first kappa shape index (κ1) is 18.8. The number of fused-ring (bicyclic) bond motifs is 2. The highest BCUT2D eigenvalue weighted by Gasteiger charge is 2.44. The van der Waals surface area contributed by atoms with Crippen LogP contribution in [-0.2, 0) is 14.6 Å². The normalized spacial score (nSPS) is 16.2. The van der Waals surface area contributed by atoms with Gasteiger partial charge in [-0.25, -0.2) is 12.8 Å². The highest BCUT2D eigenvalue weighted by molar-refractivity contribution is 7.92. The molecule has 0 atom stereocenters. The van der Waals surface area contributed by atoms with E-state index in [0.29, 0.717) is 11.5 Å². The Kier molecular flexibility index (Phi) is 4.36. The van der Waals surface area contributed by atoms with Crippen molar-refractivity contribution in [2.75, 3.05) is 13.1 Å². The molecule has 152 valence electrons. The second-order valence-electron chi connectivity index (χ2n) is 7.47. The largest absolute Gasteiger partial charge is 0.457 e. The lowest BCUT2D eigenvalue weighted by Gasteiger charge is -2.41. The molecular weight excluding hydrogens is 405 g/mol. The summed E-state index contributed by atoms with van der Waals surface area (Å²) in [5.74, 6) is 0.0803. The third-order valence-corrected chi connectivity index (χ3v) is 7.77. The van der Waals surface area contributed by atoms with E-state index in [0.717, 1.165) is 23.3 Å². The van der Waals surface area contributed by atoms with Crippen LogP contribution in [0.15, 0.2) is 77.7 Å². The predicted molar refractivity (Wildman–Crippen MR) is 109 cm³/mol. The molecule has 7 heteroatoms. The third kappa shape index (κ3) is 2.97. The van der Waals surface area contributed by atoms with Crippen molar-refractivity contribution in [2.45, 2.75) is 16.1 Å². The molecule has 5 nitrogen and oxygen atoms in total. The van der Waals surface area contributed by atoms with E-state index >= 15 is 0 Å². The number of rotatable bonds is 3. The number of benzene rings is 3. The lowest BCUT2D eigenvalue weighted by molar-refractivity contribution is -0.135. The summed E-state index contributed by atoms with van der Waals surface area (Å²) >= 11 is 0. The maximum absolute atomic E-state index is 13.4. The second-order valence-corrected chi connectivity index (χ2v) is 9.70. The lowest BCUT2D eigenvalue weighted by atomic mass is 9.86. The molecule has 0 N–H and O–H groups in total. The number of hydrogen-bond acceptors (Lipinski definition) is 4. The molecule has 2 aliphatic rings. The van der Waals surface area contributed by atoms with Crippen LogP contribution in [0.3, 0.4) is 0 Å². The van der Waals surface area contributed by atoms with E-state index in [1.165, 1.54) is 12.1 Å². The van der Waals surface area contributed by atoms with Crippen molar-refractivity contribution in [1.82, 2.24) is 4.90 Å². The molecule has 1 amide bonds. The van der Waals surface area contributed by atoms with Crippen molar-refractivity contribution < 1.29 is 22.3 Å². The van der Waals surface area contributed by atoms with Gasteiger partial charge in [-0.1, -0.05) is 36.4 Å². The molecule has 0 aromatic heterocycles. The van der Waals surface area contributed by atoms with E-state index in [4.69, 9.17) is 4.74 Å². The SMILES string of the molecule is O=C(C1c2ccccc2Oc2ccccc21)N1CC(S(=O)(=O)c2ccc(F)cc2)C1. The molecule has 5 rings (SSSR count). The molecule has 3 aromatic rings. The first-order chi connectivity index (χ1) is 14.4. The fourth-order valence-corrected chi connectivity index (χ4v) is 5.64. The molecule has 0 spiro atoms. The second kappa shape index (κ2) is 6.95. The highest BCUT2D eigenvalue weighted by Crippen LogP contribution is 2.45. The number of hydrogen-bond donors (Lipinski definition) is 0. The minimum atomic E-state index is -3.62. The molecule has 0 aliphatic carbocycles. The molecule has 0 bridgehead atoms. The molecule has 3 aromatic carbocycles. The number of nitrogens with zero attached hydrogens (tertiary/aromatic N) is 1. The van der Waals surface area contributed by atoms with Crippen LogP contribution in [0.2, 0.25) is 0 Å². The number of amides is 1. The average Bonchev–Trinajstić information content (AvgIpc) is 2.71. The average molecular weight is 423 g/mol. The van der Waals surface area contributed by atoms with Gasteiger partial charge in [0.25, 0.3) is 0 Å². The van der Waals surface area contributed by atoms with Crippen molar-refractivity contribution in [3.63, 3.8) is 0 Å². The Morgan fingerprint density at radius 2 is 1.40 bits per heavy atom. The maximum atomic E-state index is 13.4. The van der Waals surface area contributed by atoms with Crippen LogP contribution < -0.4 is 4.74 Å². The van der Waals surface area contributed by atoms with E-state index in [1.807, 2.05) is 48.5 Å². The number of carbonyl (C=O) groups is 1. The van der Waals surface area contributed by atoms with Crippen LogP contribution in [0.5, 0.6) is 11.5 Å². The molecule has 30 heavy (non-hydrogen) atoms. The van der Waals surface area contributed by atoms with Crippen LogP contribution in [-0.4, -0.2) is 37.6 Å². The van der Waals surface area contributed by atoms with E-state index < -0.39 is 26.8 Å². The first-order valence-corrected chi connectivity index (χ1v) is 11.1. The molecule has 0 unspecified atom stereocenters. The summed E-state index contributed by atoms with van der Waals surface area (Å²) in [6.07, 6.45) is 0. The van der Waals surface area contributed by atoms with E-state index in [1.54, 1.807) is 4.90 Å². The highest BCUT2D eigenvalue weighted by atomic mass is 32.2. The fraction of sp³-hybridized carbons (Fsp3) is 0.174. The van der Waals surface area contributed by atoms with Gasteiger partial charge in [0.1, 0.15) is 22.6 Å². The van der Waals surface area contributed by atoms with E-state index in [2.05, 4.69) is 0 Å². The van der Waals surface area contributed by atoms with Crippen molar-refractivity contribution in [3.05, 3.63) is 89.7 Å². The van der Waals surface area contributed by atoms with Gasteiger partial charge in [-0.2, -0.15) is 0 Å². The first-order valence-electron chi connectivity index (χ1n) is 9.59. The summed E-state index contributed by atoms with van der Waals surface area (Å²) < 4.78 is 44.6. The number of ether oxygens (including phenoxy) is 1. The van der Waals surface area contributed by atoms with Crippen LogP contribution in [0, 0.1) is 5.82 Å². The van der Waals surface area contributed by atoms with Gasteiger partial charge in [0.05, 0.1) is 10.8 Å². The van der Waals surface area contributed by atoms with Gasteiger partial charge < -0.3 is 9.64 Å². The summed E-state index contributed by atoms with van der Waals surface area (Å²) in [6, 6.07) is 19.6. The zero-order valence-electron chi connectivity index (χ0n) is 15.9. The van der Waals surface area contributed by atoms with Crippen LogP contribution in [0.4, 0.5) is 4.39 Å². The number of likely N-dealkylation sites (tertiary alicyclic amines) is 1. The van der Waals surface area contributed by atoms with Gasteiger partial charge in [-0.15, -0.1) is 0 Å². The standard InChI is InChI=1S/C23H18FNO4S/c24-15-9-11-16(12-10-15)30(27,28)17-13-25(14-17)23(26)22-18-5-1-3-7-20(18)29-21-8-4-2-6-19(21)22/h1-12,17,22H,13-14H2. The van der Waals surface area contributed by atoms with Gasteiger partial charge in [0, 0.05) is 24.2 Å². The third-order valence-electron chi connectivity index (χ3n) is 5.67. The molecule has 1 saturated heterocycles. The fourth-order valence-electron chi connectivity index (χ4n) is 3.99. The number of halogens is 1. The van der Waals surface area contributed by atoms with Gasteiger partial charge in [-0.3, -0.25) is 4.79 Å². The summed E-state index contributed by atoms with van der Waals surface area (Å²) in [6.45, 7) is 0.223. The van der Waals surface area contributed by atoms with Crippen molar-refractivity contribution in [2.24, 2.45) is 0 Å². The summed E-state index contributed by atoms with van der Waals surface area (Å²) in [4.78, 5) is 15.0. The zero-order valence-corrected chi connectivity index (χ0v) is 16.7. The number of sulfone groups is 1. The Balaban J connectivity index is 1.40. The minimum Gasteiger partial charge on any atom is -0.457 e. The molecule has 2 heterocycles. The van der Waals surface area contributed by atoms with E-state index in [-0.39, 0.29) is 23.9 Å². The Labute approximate surface area is 173 Å². The van der Waals surface area contributed by atoms with Crippen LogP contribution in [0.1, 0.15) is 17.0 Å². The van der Waals surface area contributed by atoms with Crippen LogP contribution in [0.25, 0.3) is 0 Å². The van der Waals surface area contributed by atoms with Crippen molar-refractivity contribution in [3.8, 4) is 11.5 Å². The molecule has 2 aliphatic heterocycles. The Hall–Kier alpha value is -3.19. The van der Waals surface area contributed by atoms with Gasteiger partial charge >= 0.3 is 0 Å². The smallest absolute Gasteiger partial charge is 0.234 e. The lowest BCUT2D eigenvalue weighted by Crippen LogP contribution is -2.58. The quantitative estimate of drug-likeness (QED) is 0.602. The molecular formula is C23H18FNO4S. The molecule has 1 fully saturated rings. The van der Waals surface area contributed by atoms with E-state index in [9.17, 15) is 17.6 Å². The predicted octanol–water partition coefficient (Wildman–Crippen LogP) is 3.75. The summed E-state index contributed by atoms with van der Waals surface area (Å²) in [7, 11) is -3.62. The number of carbonyl (C=O) groups excluding carboxylic acids is 1. The van der Waals surface area contributed by atoms with Crippen LogP contribution >= 0.6 is 0 Å². The Morgan fingerprint density at radius 1 is 0.867 bits per heavy atom. The van der Waals surface area contributed by atoms with Crippen molar-refractivity contribution >= 4 is 15.7 Å². The maximum Gasteiger partial charge on any atom is 0.234 e. The van der Waals surface area contributed by atoms with Gasteiger partial charge in [-0.05, 0) is 36.4 Å². The number of para-hydroxylation sites is 2. The van der Waals surface area contributed by atoms with Gasteiger partial charge in [0.15, 0.2) is 9.84 Å². The Bertz CT molecular complexity index is 1190. The summed E-state index contributed by atoms with van der Waals surface area (Å²) in [5.41, 5.74) is 1.54. The van der Waals surface area contributed by atoms with Crippen molar-refractivity contribution in [1.29, 1.82) is 0 Å². The van der Waals surface area contributed by atoms with Gasteiger partial charge in [0.2, 0.25) is 5.91 Å². The minimum absolute atomic E-state index is 0.0720. The topological polar surface area (TPSA) is 63.7 Å².